The van der Waals surface area contributed by atoms with E-state index in [2.05, 4.69) is 33.7 Å². The standard InChI is InChI=1S/C19H21Cl2N3O.ClH/c1-2-24(11-14-6-3-5-13-9-10-22-18(13)14)12-17(25)23-19-15(20)7-4-8-16(19)21;/h3-8,22H,2,9-12H2,1H3,(H,23,25);1H. The molecular weight excluding hydrogens is 393 g/mol. The molecule has 4 nitrogen and oxygen atoms in total. The van der Waals surface area contributed by atoms with Crippen LogP contribution in [-0.2, 0) is 17.8 Å². The van der Waals surface area contributed by atoms with E-state index in [1.165, 1.54) is 16.8 Å². The van der Waals surface area contributed by atoms with Crippen LogP contribution in [0.25, 0.3) is 0 Å². The predicted molar refractivity (Wildman–Crippen MR) is 112 cm³/mol. The SMILES string of the molecule is CCN(CC(=O)Nc1c(Cl)cccc1Cl)Cc1cccc2c1NCC2.Cl. The summed E-state index contributed by atoms with van der Waals surface area (Å²) >= 11 is 12.2. The number of carbonyl (C=O) groups is 1. The Labute approximate surface area is 170 Å². The van der Waals surface area contributed by atoms with E-state index >= 15 is 0 Å². The Morgan fingerprint density at radius 3 is 2.58 bits per heavy atom. The van der Waals surface area contributed by atoms with Gasteiger partial charge in [-0.15, -0.1) is 12.4 Å². The van der Waals surface area contributed by atoms with Crippen molar-refractivity contribution in [1.29, 1.82) is 0 Å². The highest BCUT2D eigenvalue weighted by molar-refractivity contribution is 6.39. The van der Waals surface area contributed by atoms with Gasteiger partial charge in [0.1, 0.15) is 0 Å². The van der Waals surface area contributed by atoms with Gasteiger partial charge >= 0.3 is 0 Å². The number of halogens is 3. The van der Waals surface area contributed by atoms with Crippen molar-refractivity contribution in [2.75, 3.05) is 30.3 Å². The Kier molecular flexibility index (Phi) is 7.59. The summed E-state index contributed by atoms with van der Waals surface area (Å²) < 4.78 is 0. The van der Waals surface area contributed by atoms with Crippen LogP contribution in [0.15, 0.2) is 36.4 Å². The highest BCUT2D eigenvalue weighted by Crippen LogP contribution is 2.30. The van der Waals surface area contributed by atoms with Crippen molar-refractivity contribution in [2.24, 2.45) is 0 Å². The number of benzene rings is 2. The molecule has 0 spiro atoms. The number of carbonyl (C=O) groups excluding carboxylic acids is 1. The molecule has 0 saturated heterocycles. The highest BCUT2D eigenvalue weighted by Gasteiger charge is 2.17. The predicted octanol–water partition coefficient (Wildman–Crippen LogP) is 4.84. The third kappa shape index (κ3) is 4.83. The van der Waals surface area contributed by atoms with E-state index in [1.54, 1.807) is 18.2 Å². The number of anilines is 2. The Bertz CT molecular complexity index is 762. The van der Waals surface area contributed by atoms with Crippen LogP contribution in [0.2, 0.25) is 10.0 Å². The average molecular weight is 415 g/mol. The van der Waals surface area contributed by atoms with Gasteiger partial charge in [0.25, 0.3) is 0 Å². The molecular formula is C19H22Cl3N3O. The van der Waals surface area contributed by atoms with Crippen LogP contribution in [0.5, 0.6) is 0 Å². The normalized spacial score (nSPS) is 12.3. The van der Waals surface area contributed by atoms with Crippen LogP contribution >= 0.6 is 35.6 Å². The van der Waals surface area contributed by atoms with Crippen molar-refractivity contribution in [2.45, 2.75) is 19.9 Å². The summed E-state index contributed by atoms with van der Waals surface area (Å²) in [5.41, 5.74) is 4.26. The summed E-state index contributed by atoms with van der Waals surface area (Å²) in [5.74, 6) is -0.127. The van der Waals surface area contributed by atoms with Gasteiger partial charge in [0, 0.05) is 18.8 Å². The molecule has 2 N–H and O–H groups in total. The molecule has 1 amide bonds. The van der Waals surface area contributed by atoms with Crippen LogP contribution in [0.4, 0.5) is 11.4 Å². The van der Waals surface area contributed by atoms with Gasteiger partial charge in [-0.1, -0.05) is 54.4 Å². The lowest BCUT2D eigenvalue weighted by atomic mass is 10.1. The maximum absolute atomic E-state index is 12.4. The number of nitrogens with one attached hydrogen (secondary N) is 2. The van der Waals surface area contributed by atoms with Crippen LogP contribution in [0.1, 0.15) is 18.1 Å². The summed E-state index contributed by atoms with van der Waals surface area (Å²) in [6.07, 6.45) is 1.06. The third-order valence-corrected chi connectivity index (χ3v) is 5.00. The second kappa shape index (κ2) is 9.47. The minimum atomic E-state index is -0.127. The number of nitrogens with zero attached hydrogens (tertiary/aromatic N) is 1. The van der Waals surface area contributed by atoms with Crippen molar-refractivity contribution in [1.82, 2.24) is 4.90 Å². The molecule has 26 heavy (non-hydrogen) atoms. The smallest absolute Gasteiger partial charge is 0.238 e. The fourth-order valence-corrected chi connectivity index (χ4v) is 3.55. The topological polar surface area (TPSA) is 44.4 Å². The maximum Gasteiger partial charge on any atom is 0.238 e. The van der Waals surface area contributed by atoms with Gasteiger partial charge in [-0.05, 0) is 36.2 Å². The zero-order valence-corrected chi connectivity index (χ0v) is 16.8. The number of amides is 1. The fourth-order valence-electron chi connectivity index (χ4n) is 3.06. The first kappa shape index (κ1) is 20.8. The quantitative estimate of drug-likeness (QED) is 0.710. The first-order chi connectivity index (χ1) is 12.1. The zero-order chi connectivity index (χ0) is 17.8. The number of para-hydroxylation sites is 2. The molecule has 3 rings (SSSR count). The van der Waals surface area contributed by atoms with Crippen molar-refractivity contribution >= 4 is 52.9 Å². The lowest BCUT2D eigenvalue weighted by Gasteiger charge is -2.22. The van der Waals surface area contributed by atoms with E-state index in [9.17, 15) is 4.79 Å². The monoisotopic (exact) mass is 413 g/mol. The molecule has 2 aromatic carbocycles. The van der Waals surface area contributed by atoms with Crippen LogP contribution in [0.3, 0.4) is 0 Å². The van der Waals surface area contributed by atoms with Crippen molar-refractivity contribution in [3.8, 4) is 0 Å². The second-order valence-electron chi connectivity index (χ2n) is 6.08. The molecule has 0 fully saturated rings. The van der Waals surface area contributed by atoms with Gasteiger partial charge in [-0.2, -0.15) is 0 Å². The van der Waals surface area contributed by atoms with E-state index in [0.29, 0.717) is 15.7 Å². The second-order valence-corrected chi connectivity index (χ2v) is 6.89. The Balaban J connectivity index is 0.00000243. The molecule has 7 heteroatoms. The van der Waals surface area contributed by atoms with Gasteiger partial charge in [0.2, 0.25) is 5.91 Å². The molecule has 1 aliphatic heterocycles. The van der Waals surface area contributed by atoms with Gasteiger partial charge < -0.3 is 10.6 Å². The van der Waals surface area contributed by atoms with Crippen LogP contribution < -0.4 is 10.6 Å². The lowest BCUT2D eigenvalue weighted by Crippen LogP contribution is -2.33. The van der Waals surface area contributed by atoms with Crippen LogP contribution in [-0.4, -0.2) is 30.4 Å². The van der Waals surface area contributed by atoms with Gasteiger partial charge in [-0.25, -0.2) is 0 Å². The summed E-state index contributed by atoms with van der Waals surface area (Å²) in [6.45, 7) is 4.79. The number of hydrogen-bond donors (Lipinski definition) is 2. The van der Waals surface area contributed by atoms with Gasteiger partial charge in [-0.3, -0.25) is 9.69 Å². The van der Waals surface area contributed by atoms with E-state index in [4.69, 9.17) is 23.2 Å². The highest BCUT2D eigenvalue weighted by atomic mass is 35.5. The van der Waals surface area contributed by atoms with Crippen molar-refractivity contribution in [3.05, 3.63) is 57.6 Å². The van der Waals surface area contributed by atoms with Gasteiger partial charge in [0.15, 0.2) is 0 Å². The largest absolute Gasteiger partial charge is 0.384 e. The molecule has 2 aromatic rings. The maximum atomic E-state index is 12.4. The van der Waals surface area contributed by atoms with E-state index in [1.807, 2.05) is 6.92 Å². The number of fused-ring (bicyclic) bond motifs is 1. The molecule has 0 unspecified atom stereocenters. The summed E-state index contributed by atoms with van der Waals surface area (Å²) in [5, 5.41) is 7.14. The van der Waals surface area contributed by atoms with E-state index in [0.717, 1.165) is 26.1 Å². The number of rotatable bonds is 6. The summed E-state index contributed by atoms with van der Waals surface area (Å²) in [4.78, 5) is 14.5. The Morgan fingerprint density at radius 2 is 1.88 bits per heavy atom. The fraction of sp³-hybridized carbons (Fsp3) is 0.316. The first-order valence-electron chi connectivity index (χ1n) is 8.39. The molecule has 0 saturated carbocycles. The average Bonchev–Trinajstić information content (AvgIpc) is 3.07. The first-order valence-corrected chi connectivity index (χ1v) is 9.15. The molecule has 0 aromatic heterocycles. The minimum Gasteiger partial charge on any atom is -0.384 e. The molecule has 1 aliphatic rings. The minimum absolute atomic E-state index is 0. The molecule has 140 valence electrons. The van der Waals surface area contributed by atoms with Gasteiger partial charge in [0.05, 0.1) is 22.3 Å². The summed E-state index contributed by atoms with van der Waals surface area (Å²) in [7, 11) is 0. The lowest BCUT2D eigenvalue weighted by molar-refractivity contribution is -0.117. The molecule has 0 radical (unpaired) electrons. The van der Waals surface area contributed by atoms with E-state index < -0.39 is 0 Å². The Hall–Kier alpha value is -1.46. The van der Waals surface area contributed by atoms with E-state index in [-0.39, 0.29) is 24.9 Å². The van der Waals surface area contributed by atoms with Crippen LogP contribution in [0, 0.1) is 0 Å². The van der Waals surface area contributed by atoms with Crippen molar-refractivity contribution < 1.29 is 4.79 Å². The third-order valence-electron chi connectivity index (χ3n) is 4.37. The van der Waals surface area contributed by atoms with Crippen molar-refractivity contribution in [3.63, 3.8) is 0 Å². The number of likely N-dealkylation sites (N-methyl/N-ethyl adjacent to an activating group) is 1. The molecule has 0 aliphatic carbocycles. The summed E-state index contributed by atoms with van der Waals surface area (Å²) in [6, 6.07) is 11.5. The molecule has 0 bridgehead atoms. The molecule has 1 heterocycles. The molecule has 0 atom stereocenters. The Morgan fingerprint density at radius 1 is 1.19 bits per heavy atom. The zero-order valence-electron chi connectivity index (χ0n) is 14.5. The number of hydrogen-bond acceptors (Lipinski definition) is 3.